The van der Waals surface area contributed by atoms with E-state index in [1.165, 1.54) is 10.6 Å². The second-order valence-electron chi connectivity index (χ2n) is 7.70. The maximum absolute atomic E-state index is 13.0. The quantitative estimate of drug-likeness (QED) is 0.544. The van der Waals surface area contributed by atoms with Crippen molar-refractivity contribution >= 4 is 33.0 Å². The summed E-state index contributed by atoms with van der Waals surface area (Å²) in [6, 6.07) is 21.0. The lowest BCUT2D eigenvalue weighted by Gasteiger charge is -2.32. The number of amides is 1. The molecule has 5 heteroatoms. The predicted molar refractivity (Wildman–Crippen MR) is 120 cm³/mol. The van der Waals surface area contributed by atoms with E-state index in [9.17, 15) is 4.79 Å². The Morgan fingerprint density at radius 2 is 1.46 bits per heavy atom. The Morgan fingerprint density at radius 1 is 0.929 bits per heavy atom. The first-order valence-electron chi connectivity index (χ1n) is 9.56. The van der Waals surface area contributed by atoms with Crippen LogP contribution in [0.1, 0.15) is 40.0 Å². The Morgan fingerprint density at radius 3 is 1.96 bits per heavy atom. The molecule has 0 spiro atoms. The van der Waals surface area contributed by atoms with Crippen molar-refractivity contribution in [3.8, 4) is 0 Å². The van der Waals surface area contributed by atoms with Gasteiger partial charge in [0.15, 0.2) is 0 Å². The molecule has 0 aliphatic carbocycles. The molecule has 0 unspecified atom stereocenters. The van der Waals surface area contributed by atoms with Gasteiger partial charge in [-0.3, -0.25) is 4.90 Å². The summed E-state index contributed by atoms with van der Waals surface area (Å²) in [5, 5.41) is 2.50. The molecule has 0 bridgehead atoms. The van der Waals surface area contributed by atoms with Crippen LogP contribution in [0.3, 0.4) is 0 Å². The average molecular weight is 392 g/mol. The Hall–Kier alpha value is -2.06. The molecule has 1 aliphatic heterocycles. The monoisotopic (exact) mass is 392 g/mol. The normalized spacial score (nSPS) is 14.7. The fourth-order valence-corrected chi connectivity index (χ4v) is 5.65. The van der Waals surface area contributed by atoms with Gasteiger partial charge in [-0.25, -0.2) is 4.79 Å². The summed E-state index contributed by atoms with van der Waals surface area (Å²) >= 11 is 0. The molecule has 145 valence electrons. The molecule has 0 fully saturated rings. The summed E-state index contributed by atoms with van der Waals surface area (Å²) in [6.07, 6.45) is 5.09. The molecule has 3 rings (SSSR count). The number of hydrogen-bond acceptors (Lipinski definition) is 2. The maximum Gasteiger partial charge on any atom is 0.414 e. The fraction of sp³-hybridized carbons (Fsp3) is 0.348. The third-order valence-electron chi connectivity index (χ3n) is 4.31. The van der Waals surface area contributed by atoms with Crippen molar-refractivity contribution < 1.29 is 9.53 Å². The zero-order valence-electron chi connectivity index (χ0n) is 17.0. The number of carbonyl (C=O) groups excluding carboxylic acids is 1. The summed E-state index contributed by atoms with van der Waals surface area (Å²) in [5.74, 6) is 0. The van der Waals surface area contributed by atoms with Crippen LogP contribution in [0, 0.1) is 0 Å². The third-order valence-corrected chi connectivity index (χ3v) is 6.82. The summed E-state index contributed by atoms with van der Waals surface area (Å²) in [5.41, 5.74) is 0.589. The Balaban J connectivity index is 0.00000280. The van der Waals surface area contributed by atoms with E-state index in [2.05, 4.69) is 54.6 Å². The number of hydrogen-bond donors (Lipinski definition) is 0. The van der Waals surface area contributed by atoms with Crippen LogP contribution >= 0.6 is 7.92 Å². The van der Waals surface area contributed by atoms with Gasteiger partial charge in [-0.1, -0.05) is 66.7 Å². The van der Waals surface area contributed by atoms with E-state index in [0.29, 0.717) is 6.54 Å². The van der Waals surface area contributed by atoms with Crippen LogP contribution < -0.4 is 10.6 Å². The lowest BCUT2D eigenvalue weighted by Crippen LogP contribution is -2.37. The topological polar surface area (TPSA) is 29.5 Å². The molecule has 0 aromatic heterocycles. The van der Waals surface area contributed by atoms with Crippen LogP contribution in [0.5, 0.6) is 0 Å². The number of carbonyl (C=O) groups is 1. The van der Waals surface area contributed by atoms with Crippen LogP contribution in [0.2, 0.25) is 0 Å². The van der Waals surface area contributed by atoms with Gasteiger partial charge in [0, 0.05) is 22.9 Å². The van der Waals surface area contributed by atoms with E-state index in [0.717, 1.165) is 24.7 Å². The smallest absolute Gasteiger partial charge is 0.414 e. The molecule has 0 N–H and O–H groups in total. The molecule has 3 nitrogen and oxygen atoms in total. The van der Waals surface area contributed by atoms with Crippen LogP contribution in [0.4, 0.5) is 4.79 Å². The Bertz CT molecular complexity index is 748. The lowest BCUT2D eigenvalue weighted by molar-refractivity contribution is 0.0328. The van der Waals surface area contributed by atoms with Gasteiger partial charge in [0.2, 0.25) is 0 Å². The highest BCUT2D eigenvalue weighted by molar-refractivity contribution is 7.76. The van der Waals surface area contributed by atoms with Gasteiger partial charge in [-0.15, -0.1) is 0 Å². The highest BCUT2D eigenvalue weighted by Crippen LogP contribution is 2.46. The maximum atomic E-state index is 13.0. The summed E-state index contributed by atoms with van der Waals surface area (Å²) in [4.78, 5) is 14.9. The fourth-order valence-electron chi connectivity index (χ4n) is 3.15. The van der Waals surface area contributed by atoms with Crippen LogP contribution in [-0.4, -0.2) is 31.6 Å². The summed E-state index contributed by atoms with van der Waals surface area (Å²) < 4.78 is 5.74. The number of benzene rings is 2. The molecule has 0 saturated carbocycles. The van der Waals surface area contributed by atoms with Crippen molar-refractivity contribution in [1.82, 2.24) is 4.90 Å². The molecule has 0 saturated heterocycles. The molecular formula is C23H28BNO2P. The van der Waals surface area contributed by atoms with Gasteiger partial charge in [0.05, 0.1) is 5.44 Å². The molecule has 1 amide bonds. The van der Waals surface area contributed by atoms with Crippen molar-refractivity contribution in [3.63, 3.8) is 0 Å². The van der Waals surface area contributed by atoms with Crippen molar-refractivity contribution in [2.45, 2.75) is 45.6 Å². The second-order valence-corrected chi connectivity index (χ2v) is 9.86. The molecule has 1 heterocycles. The summed E-state index contributed by atoms with van der Waals surface area (Å²) in [6.45, 7) is 6.47. The lowest BCUT2D eigenvalue weighted by atomic mass is 10.2. The molecule has 28 heavy (non-hydrogen) atoms. The van der Waals surface area contributed by atoms with E-state index < -0.39 is 13.5 Å². The van der Waals surface area contributed by atoms with E-state index in [1.807, 2.05) is 37.8 Å². The zero-order chi connectivity index (χ0) is 19.3. The third kappa shape index (κ3) is 5.72. The average Bonchev–Trinajstić information content (AvgIpc) is 2.89. The summed E-state index contributed by atoms with van der Waals surface area (Å²) in [7, 11) is -0.813. The van der Waals surface area contributed by atoms with E-state index in [-0.39, 0.29) is 14.5 Å². The molecular weight excluding hydrogens is 364 g/mol. The predicted octanol–water partition coefficient (Wildman–Crippen LogP) is 5.00. The van der Waals surface area contributed by atoms with Crippen molar-refractivity contribution in [1.29, 1.82) is 0 Å². The minimum absolute atomic E-state index is 0. The standard InChI is InChI=1S/C23H28NO2P.B/c1-23(2,3)26-22(25)24-18-12-6-11-17-21(24)27(19-13-7-4-8-14-19)20-15-9-5-10-16-20;/h4-5,7-10,13-17H,6,11-12,18H2,1-3H3;. The zero-order valence-corrected chi connectivity index (χ0v) is 17.9. The molecule has 2 aromatic rings. The van der Waals surface area contributed by atoms with E-state index in [1.54, 1.807) is 0 Å². The molecule has 0 atom stereocenters. The van der Waals surface area contributed by atoms with Crippen molar-refractivity contribution in [2.75, 3.05) is 6.54 Å². The van der Waals surface area contributed by atoms with E-state index >= 15 is 0 Å². The highest BCUT2D eigenvalue weighted by atomic mass is 31.1. The first-order valence-corrected chi connectivity index (χ1v) is 10.9. The second kappa shape index (κ2) is 9.93. The first kappa shape index (κ1) is 22.2. The minimum Gasteiger partial charge on any atom is -0.443 e. The first-order chi connectivity index (χ1) is 13.0. The van der Waals surface area contributed by atoms with E-state index in [4.69, 9.17) is 4.74 Å². The van der Waals surface area contributed by atoms with Gasteiger partial charge in [0.1, 0.15) is 5.60 Å². The highest BCUT2D eigenvalue weighted by Gasteiger charge is 2.31. The van der Waals surface area contributed by atoms with Crippen LogP contribution in [-0.2, 0) is 4.74 Å². The van der Waals surface area contributed by atoms with Crippen LogP contribution in [0.15, 0.2) is 72.2 Å². The van der Waals surface area contributed by atoms with Gasteiger partial charge in [0.25, 0.3) is 0 Å². The molecule has 3 radical (unpaired) electrons. The number of allylic oxidation sites excluding steroid dienone is 1. The minimum atomic E-state index is -0.813. The SMILES string of the molecule is CC(C)(C)OC(=O)N1CCCCC=C1P(c1ccccc1)c1ccccc1.[B]. The Labute approximate surface area is 172 Å². The Kier molecular flexibility index (Phi) is 7.89. The van der Waals surface area contributed by atoms with Crippen LogP contribution in [0.25, 0.3) is 0 Å². The number of rotatable bonds is 3. The molecule has 2 aromatic carbocycles. The van der Waals surface area contributed by atoms with Crippen molar-refractivity contribution in [2.24, 2.45) is 0 Å². The largest absolute Gasteiger partial charge is 0.443 e. The van der Waals surface area contributed by atoms with Gasteiger partial charge in [-0.2, -0.15) is 0 Å². The van der Waals surface area contributed by atoms with Crippen molar-refractivity contribution in [3.05, 3.63) is 72.2 Å². The van der Waals surface area contributed by atoms with Gasteiger partial charge >= 0.3 is 6.09 Å². The number of ether oxygens (including phenoxy) is 1. The van der Waals surface area contributed by atoms with Gasteiger partial charge in [-0.05, 0) is 50.6 Å². The molecule has 1 aliphatic rings. The van der Waals surface area contributed by atoms with Gasteiger partial charge < -0.3 is 4.74 Å². The number of nitrogens with zero attached hydrogens (tertiary/aromatic N) is 1.